The van der Waals surface area contributed by atoms with Crippen molar-refractivity contribution in [3.8, 4) is 11.5 Å². The number of thiazole rings is 1. The number of sulfonamides is 1. The van der Waals surface area contributed by atoms with E-state index in [-0.39, 0.29) is 39.1 Å². The Labute approximate surface area is 194 Å². The van der Waals surface area contributed by atoms with Crippen LogP contribution in [0.4, 0.5) is 5.13 Å². The lowest BCUT2D eigenvalue weighted by Crippen LogP contribution is -2.30. The van der Waals surface area contributed by atoms with E-state index in [0.717, 1.165) is 0 Å². The van der Waals surface area contributed by atoms with Gasteiger partial charge in [0.15, 0.2) is 10.9 Å². The third-order valence-electron chi connectivity index (χ3n) is 4.03. The van der Waals surface area contributed by atoms with Crippen molar-refractivity contribution in [2.24, 2.45) is 0 Å². The van der Waals surface area contributed by atoms with E-state index in [1.165, 1.54) is 36.5 Å². The van der Waals surface area contributed by atoms with Crippen LogP contribution < -0.4 is 15.4 Å². The molecule has 2 aromatic heterocycles. The Balaban J connectivity index is 1.75. The highest BCUT2D eigenvalue weighted by atomic mass is 35.5. The molecule has 12 heteroatoms. The molecular weight excluding hydrogens is 476 g/mol. The highest BCUT2D eigenvalue weighted by Crippen LogP contribution is 2.28. The van der Waals surface area contributed by atoms with Gasteiger partial charge in [0.2, 0.25) is 15.9 Å². The topological polar surface area (TPSA) is 130 Å². The van der Waals surface area contributed by atoms with Crippen LogP contribution in [0, 0.1) is 0 Å². The molecule has 1 aromatic carbocycles. The van der Waals surface area contributed by atoms with Crippen LogP contribution in [0.5, 0.6) is 0 Å². The van der Waals surface area contributed by atoms with Crippen molar-refractivity contribution < 1.29 is 22.4 Å². The van der Waals surface area contributed by atoms with Gasteiger partial charge in [0.1, 0.15) is 11.5 Å². The molecule has 32 heavy (non-hydrogen) atoms. The van der Waals surface area contributed by atoms with Crippen molar-refractivity contribution in [2.75, 3.05) is 5.32 Å². The molecule has 3 N–H and O–H groups in total. The molecular formula is C20H21ClN4O5S2. The summed E-state index contributed by atoms with van der Waals surface area (Å²) in [6.45, 7) is 5.07. The van der Waals surface area contributed by atoms with Crippen LogP contribution in [-0.2, 0) is 21.4 Å². The number of aromatic nitrogens is 1. The summed E-state index contributed by atoms with van der Waals surface area (Å²) >= 11 is 7.30. The van der Waals surface area contributed by atoms with Crippen LogP contribution in [0.3, 0.4) is 0 Å². The maximum absolute atomic E-state index is 12.7. The predicted molar refractivity (Wildman–Crippen MR) is 122 cm³/mol. The summed E-state index contributed by atoms with van der Waals surface area (Å²) in [5.74, 6) is 0.280. The van der Waals surface area contributed by atoms with E-state index in [2.05, 4.69) is 20.3 Å². The van der Waals surface area contributed by atoms with E-state index in [0.29, 0.717) is 17.2 Å². The normalized spacial score (nSPS) is 11.5. The van der Waals surface area contributed by atoms with E-state index in [1.54, 1.807) is 31.4 Å². The van der Waals surface area contributed by atoms with Crippen molar-refractivity contribution in [3.05, 3.63) is 52.1 Å². The van der Waals surface area contributed by atoms with Gasteiger partial charge in [-0.05, 0) is 44.2 Å². The molecule has 2 amide bonds. The van der Waals surface area contributed by atoms with E-state index >= 15 is 0 Å². The first-order valence-electron chi connectivity index (χ1n) is 9.47. The second-order valence-electron chi connectivity index (χ2n) is 7.09. The molecule has 0 saturated carbocycles. The maximum Gasteiger partial charge on any atom is 0.259 e. The van der Waals surface area contributed by atoms with Gasteiger partial charge in [-0.15, -0.1) is 11.3 Å². The molecule has 0 aliphatic heterocycles. The molecule has 3 rings (SSSR count). The molecule has 0 unspecified atom stereocenters. The first-order valence-corrected chi connectivity index (χ1v) is 12.2. The van der Waals surface area contributed by atoms with Gasteiger partial charge in [0.05, 0.1) is 22.0 Å². The molecule has 0 fully saturated rings. The highest BCUT2D eigenvalue weighted by Gasteiger charge is 2.20. The molecule has 0 aliphatic carbocycles. The Hall–Kier alpha value is -2.73. The van der Waals surface area contributed by atoms with Crippen molar-refractivity contribution in [1.82, 2.24) is 15.0 Å². The maximum atomic E-state index is 12.7. The monoisotopic (exact) mass is 496 g/mol. The molecule has 0 radical (unpaired) electrons. The van der Waals surface area contributed by atoms with Crippen molar-refractivity contribution in [3.63, 3.8) is 0 Å². The number of halogens is 1. The SMILES string of the molecule is CC(=O)NCc1ccc(-c2csc(NC(=O)c3cc(S(=O)(=O)NC(C)C)ccc3Cl)n2)o1. The largest absolute Gasteiger partial charge is 0.458 e. The van der Waals surface area contributed by atoms with Crippen LogP contribution in [0.15, 0.2) is 45.0 Å². The Bertz CT molecular complexity index is 1250. The van der Waals surface area contributed by atoms with E-state index in [1.807, 2.05) is 0 Å². The number of carbonyl (C=O) groups excluding carboxylic acids is 2. The molecule has 170 valence electrons. The van der Waals surface area contributed by atoms with E-state index < -0.39 is 15.9 Å². The van der Waals surface area contributed by atoms with Crippen molar-refractivity contribution >= 4 is 49.9 Å². The number of amides is 2. The first kappa shape index (κ1) is 23.9. The minimum Gasteiger partial charge on any atom is -0.458 e. The molecule has 0 atom stereocenters. The van der Waals surface area contributed by atoms with Crippen LogP contribution in [0.2, 0.25) is 5.02 Å². The second kappa shape index (κ2) is 9.82. The minimum absolute atomic E-state index is 0.00522. The minimum atomic E-state index is -3.79. The molecule has 3 aromatic rings. The van der Waals surface area contributed by atoms with Gasteiger partial charge in [0.25, 0.3) is 5.91 Å². The average molecular weight is 497 g/mol. The lowest BCUT2D eigenvalue weighted by Gasteiger charge is -2.11. The van der Waals surface area contributed by atoms with Gasteiger partial charge in [-0.2, -0.15) is 0 Å². The summed E-state index contributed by atoms with van der Waals surface area (Å²) in [4.78, 5) is 28.0. The number of nitrogens with one attached hydrogen (secondary N) is 3. The van der Waals surface area contributed by atoms with Gasteiger partial charge in [-0.1, -0.05) is 11.6 Å². The third-order valence-corrected chi connectivity index (χ3v) is 6.78. The first-order chi connectivity index (χ1) is 15.0. The number of carbonyl (C=O) groups is 2. The van der Waals surface area contributed by atoms with Crippen LogP contribution in [0.25, 0.3) is 11.5 Å². The lowest BCUT2D eigenvalue weighted by atomic mass is 10.2. The lowest BCUT2D eigenvalue weighted by molar-refractivity contribution is -0.119. The quantitative estimate of drug-likeness (QED) is 0.436. The number of rotatable bonds is 8. The van der Waals surface area contributed by atoms with Crippen LogP contribution in [0.1, 0.15) is 36.9 Å². The molecule has 2 heterocycles. The van der Waals surface area contributed by atoms with Gasteiger partial charge in [-0.3, -0.25) is 14.9 Å². The number of nitrogens with zero attached hydrogens (tertiary/aromatic N) is 1. The zero-order valence-corrected chi connectivity index (χ0v) is 19.8. The predicted octanol–water partition coefficient (Wildman–Crippen LogP) is 3.63. The number of benzene rings is 1. The summed E-state index contributed by atoms with van der Waals surface area (Å²) in [5.41, 5.74) is 0.508. The van der Waals surface area contributed by atoms with Crippen LogP contribution in [-0.4, -0.2) is 31.3 Å². The summed E-state index contributed by atoms with van der Waals surface area (Å²) in [6.07, 6.45) is 0. The van der Waals surface area contributed by atoms with Crippen LogP contribution >= 0.6 is 22.9 Å². The average Bonchev–Trinajstić information content (AvgIpc) is 3.34. The molecule has 9 nitrogen and oxygen atoms in total. The fourth-order valence-corrected chi connectivity index (χ4v) is 4.83. The fraction of sp³-hybridized carbons (Fsp3) is 0.250. The fourth-order valence-electron chi connectivity index (χ4n) is 2.65. The van der Waals surface area contributed by atoms with Crippen molar-refractivity contribution in [1.29, 1.82) is 0 Å². The molecule has 0 spiro atoms. The smallest absolute Gasteiger partial charge is 0.259 e. The molecule has 0 saturated heterocycles. The Morgan fingerprint density at radius 3 is 2.66 bits per heavy atom. The summed E-state index contributed by atoms with van der Waals surface area (Å²) in [6, 6.07) is 7.04. The summed E-state index contributed by atoms with van der Waals surface area (Å²) < 4.78 is 32.9. The van der Waals surface area contributed by atoms with Gasteiger partial charge < -0.3 is 9.73 Å². The zero-order chi connectivity index (χ0) is 23.5. The number of hydrogen-bond donors (Lipinski definition) is 3. The molecule has 0 aliphatic rings. The van der Waals surface area contributed by atoms with Gasteiger partial charge in [0, 0.05) is 18.3 Å². The van der Waals surface area contributed by atoms with Gasteiger partial charge in [-0.25, -0.2) is 18.1 Å². The number of furan rings is 1. The standard InChI is InChI=1S/C20H21ClN4O5S2/c1-11(2)25-32(28,29)14-5-6-16(21)15(8-14)19(27)24-20-23-17(10-31-20)18-7-4-13(30-18)9-22-12(3)26/h4-8,10-11,25H,9H2,1-3H3,(H,22,26)(H,23,24,27). The number of hydrogen-bond acceptors (Lipinski definition) is 7. The number of anilines is 1. The zero-order valence-electron chi connectivity index (χ0n) is 17.4. The third kappa shape index (κ3) is 5.94. The highest BCUT2D eigenvalue weighted by molar-refractivity contribution is 7.89. The Kier molecular flexibility index (Phi) is 7.34. The van der Waals surface area contributed by atoms with Gasteiger partial charge >= 0.3 is 0 Å². The Morgan fingerprint density at radius 2 is 1.97 bits per heavy atom. The second-order valence-corrected chi connectivity index (χ2v) is 10.1. The van der Waals surface area contributed by atoms with E-state index in [9.17, 15) is 18.0 Å². The van der Waals surface area contributed by atoms with E-state index in [4.69, 9.17) is 16.0 Å². The summed E-state index contributed by atoms with van der Waals surface area (Å²) in [5, 5.41) is 7.36. The van der Waals surface area contributed by atoms with Crippen molar-refractivity contribution in [2.45, 2.75) is 38.3 Å². The summed E-state index contributed by atoms with van der Waals surface area (Å²) in [7, 11) is -3.79. The Morgan fingerprint density at radius 1 is 1.22 bits per heavy atom. The molecule has 0 bridgehead atoms.